The summed E-state index contributed by atoms with van der Waals surface area (Å²) in [7, 11) is 0. The van der Waals surface area contributed by atoms with Crippen molar-refractivity contribution >= 4 is 5.78 Å². The monoisotopic (exact) mass is 218 g/mol. The molecule has 3 aliphatic rings. The Morgan fingerprint density at radius 3 is 2.62 bits per heavy atom. The first-order chi connectivity index (χ1) is 7.37. The Morgan fingerprint density at radius 2 is 1.94 bits per heavy atom. The van der Waals surface area contributed by atoms with Crippen molar-refractivity contribution in [3.05, 3.63) is 12.2 Å². The van der Waals surface area contributed by atoms with Crippen LogP contribution in [0.3, 0.4) is 0 Å². The number of rotatable bonds is 0. The van der Waals surface area contributed by atoms with Gasteiger partial charge in [-0.1, -0.05) is 39.3 Å². The van der Waals surface area contributed by atoms with Crippen LogP contribution in [0.1, 0.15) is 52.9 Å². The zero-order valence-electron chi connectivity index (χ0n) is 10.7. The van der Waals surface area contributed by atoms with Gasteiger partial charge in [-0.2, -0.15) is 0 Å². The van der Waals surface area contributed by atoms with Crippen molar-refractivity contribution in [3.63, 3.8) is 0 Å². The van der Waals surface area contributed by atoms with Crippen molar-refractivity contribution in [1.29, 1.82) is 0 Å². The predicted molar refractivity (Wildman–Crippen MR) is 65.0 cm³/mol. The molecule has 3 aliphatic carbocycles. The first kappa shape index (κ1) is 10.6. The summed E-state index contributed by atoms with van der Waals surface area (Å²) >= 11 is 0. The molecule has 0 aromatic heterocycles. The fraction of sp³-hybridized carbons (Fsp3) is 0.800. The topological polar surface area (TPSA) is 17.1 Å². The van der Waals surface area contributed by atoms with E-state index in [2.05, 4.69) is 27.4 Å². The normalized spacial score (nSPS) is 55.6. The summed E-state index contributed by atoms with van der Waals surface area (Å²) in [5.74, 6) is 0.737. The van der Waals surface area contributed by atoms with Crippen LogP contribution in [0.4, 0.5) is 0 Å². The first-order valence-corrected chi connectivity index (χ1v) is 6.58. The second-order valence-corrected chi connectivity index (χ2v) is 6.86. The molecule has 88 valence electrons. The van der Waals surface area contributed by atoms with Crippen molar-refractivity contribution in [2.45, 2.75) is 52.9 Å². The highest BCUT2D eigenvalue weighted by molar-refractivity contribution is 5.87. The number of Topliss-reactive ketones (excluding diaryl/α,β-unsaturated/α-hetero) is 1. The summed E-state index contributed by atoms with van der Waals surface area (Å²) in [6.45, 7) is 11.2. The van der Waals surface area contributed by atoms with Gasteiger partial charge in [0.1, 0.15) is 5.78 Å². The van der Waals surface area contributed by atoms with Crippen LogP contribution in [0.2, 0.25) is 0 Å². The van der Waals surface area contributed by atoms with E-state index in [4.69, 9.17) is 0 Å². The van der Waals surface area contributed by atoms with E-state index >= 15 is 0 Å². The lowest BCUT2D eigenvalue weighted by Gasteiger charge is -2.45. The maximum atomic E-state index is 12.2. The highest BCUT2D eigenvalue weighted by Crippen LogP contribution is 2.78. The van der Waals surface area contributed by atoms with E-state index < -0.39 is 0 Å². The van der Waals surface area contributed by atoms with Gasteiger partial charge >= 0.3 is 0 Å². The molecular formula is C15H22O. The molecule has 16 heavy (non-hydrogen) atoms. The minimum Gasteiger partial charge on any atom is -0.299 e. The average molecular weight is 218 g/mol. The van der Waals surface area contributed by atoms with E-state index in [1.807, 2.05) is 0 Å². The average Bonchev–Trinajstić information content (AvgIpc) is 2.67. The number of hydrogen-bond donors (Lipinski definition) is 0. The van der Waals surface area contributed by atoms with Gasteiger partial charge in [0, 0.05) is 17.8 Å². The van der Waals surface area contributed by atoms with Gasteiger partial charge in [-0.05, 0) is 30.1 Å². The number of allylic oxidation sites excluding steroid dienone is 1. The Hall–Kier alpha value is -0.590. The van der Waals surface area contributed by atoms with Crippen LogP contribution < -0.4 is 0 Å². The molecule has 3 saturated carbocycles. The zero-order chi connectivity index (χ0) is 11.8. The summed E-state index contributed by atoms with van der Waals surface area (Å²) in [6, 6.07) is 0. The maximum absolute atomic E-state index is 12.2. The molecule has 0 saturated heterocycles. The van der Waals surface area contributed by atoms with Crippen LogP contribution in [0.25, 0.3) is 0 Å². The minimum atomic E-state index is 0.106. The van der Waals surface area contributed by atoms with Crippen LogP contribution in [-0.2, 0) is 4.79 Å². The fourth-order valence-electron chi connectivity index (χ4n) is 5.73. The van der Waals surface area contributed by atoms with Gasteiger partial charge < -0.3 is 0 Å². The van der Waals surface area contributed by atoms with Gasteiger partial charge in [0.2, 0.25) is 0 Å². The van der Waals surface area contributed by atoms with Crippen molar-refractivity contribution < 1.29 is 4.79 Å². The first-order valence-electron chi connectivity index (χ1n) is 6.58. The van der Waals surface area contributed by atoms with Gasteiger partial charge in [0.05, 0.1) is 0 Å². The molecule has 0 aromatic carbocycles. The molecule has 1 heteroatoms. The summed E-state index contributed by atoms with van der Waals surface area (Å²) in [4.78, 5) is 12.2. The molecule has 0 amide bonds. The molecular weight excluding hydrogens is 196 g/mol. The second kappa shape index (κ2) is 2.63. The van der Waals surface area contributed by atoms with E-state index in [9.17, 15) is 4.79 Å². The number of carbonyl (C=O) groups is 1. The molecule has 1 spiro atoms. The molecule has 1 nitrogen and oxygen atoms in total. The molecule has 0 heterocycles. The largest absolute Gasteiger partial charge is 0.299 e. The third-order valence-electron chi connectivity index (χ3n) is 6.50. The third-order valence-corrected chi connectivity index (χ3v) is 6.50. The maximum Gasteiger partial charge on any atom is 0.137 e. The highest BCUT2D eigenvalue weighted by Gasteiger charge is 2.73. The molecule has 4 atom stereocenters. The van der Waals surface area contributed by atoms with Crippen LogP contribution in [0, 0.1) is 22.2 Å². The predicted octanol–water partition coefficient (Wildman–Crippen LogP) is 3.74. The van der Waals surface area contributed by atoms with E-state index in [1.165, 1.54) is 24.8 Å². The molecule has 0 radical (unpaired) electrons. The molecule has 0 N–H and O–H groups in total. The molecule has 0 bridgehead atoms. The standard InChI is InChI=1S/C15H22O/c1-10-8-13(3)6-5-7-15(13)11(2)12(16)9-14(10,15)4/h11H,1,5-9H2,2-4H3/t11-,13+,14+,15-/m0/s1. The van der Waals surface area contributed by atoms with Crippen LogP contribution in [-0.4, -0.2) is 5.78 Å². The summed E-state index contributed by atoms with van der Waals surface area (Å²) in [5.41, 5.74) is 2.06. The number of hydrogen-bond acceptors (Lipinski definition) is 1. The third kappa shape index (κ3) is 0.781. The number of ketones is 1. The summed E-state index contributed by atoms with van der Waals surface area (Å²) < 4.78 is 0. The SMILES string of the molecule is C=C1C[C@@]2(C)CCC[C@]23[C@@H](C)C(=O)C[C@]13C. The van der Waals surface area contributed by atoms with Gasteiger partial charge in [-0.25, -0.2) is 0 Å². The lowest BCUT2D eigenvalue weighted by atomic mass is 9.57. The van der Waals surface area contributed by atoms with Crippen molar-refractivity contribution in [1.82, 2.24) is 0 Å². The van der Waals surface area contributed by atoms with E-state index in [-0.39, 0.29) is 16.7 Å². The van der Waals surface area contributed by atoms with Crippen molar-refractivity contribution in [3.8, 4) is 0 Å². The van der Waals surface area contributed by atoms with Crippen LogP contribution in [0.5, 0.6) is 0 Å². The Morgan fingerprint density at radius 1 is 1.25 bits per heavy atom. The second-order valence-electron chi connectivity index (χ2n) is 6.86. The summed E-state index contributed by atoms with van der Waals surface area (Å²) in [5, 5.41) is 0. The molecule has 0 unspecified atom stereocenters. The quantitative estimate of drug-likeness (QED) is 0.566. The summed E-state index contributed by atoms with van der Waals surface area (Å²) in [6.07, 6.45) is 5.74. The van der Waals surface area contributed by atoms with Crippen molar-refractivity contribution in [2.75, 3.05) is 0 Å². The smallest absolute Gasteiger partial charge is 0.137 e. The Balaban J connectivity index is 2.25. The lowest BCUT2D eigenvalue weighted by Crippen LogP contribution is -2.42. The van der Waals surface area contributed by atoms with E-state index in [0.29, 0.717) is 11.2 Å². The van der Waals surface area contributed by atoms with Crippen LogP contribution in [0.15, 0.2) is 12.2 Å². The Labute approximate surface area is 98.3 Å². The van der Waals surface area contributed by atoms with Gasteiger partial charge in [0.15, 0.2) is 0 Å². The molecule has 0 aliphatic heterocycles. The highest BCUT2D eigenvalue weighted by atomic mass is 16.1. The van der Waals surface area contributed by atoms with Gasteiger partial charge in [-0.15, -0.1) is 0 Å². The van der Waals surface area contributed by atoms with E-state index in [1.54, 1.807) is 0 Å². The van der Waals surface area contributed by atoms with Gasteiger partial charge in [0.25, 0.3) is 0 Å². The Bertz CT molecular complexity index is 396. The van der Waals surface area contributed by atoms with E-state index in [0.717, 1.165) is 12.8 Å². The molecule has 3 fully saturated rings. The molecule has 3 rings (SSSR count). The molecule has 0 aromatic rings. The van der Waals surface area contributed by atoms with Gasteiger partial charge in [-0.3, -0.25) is 4.79 Å². The lowest BCUT2D eigenvalue weighted by molar-refractivity contribution is -0.123. The van der Waals surface area contributed by atoms with Crippen molar-refractivity contribution in [2.24, 2.45) is 22.2 Å². The minimum absolute atomic E-state index is 0.106. The Kier molecular flexibility index (Phi) is 1.73. The van der Waals surface area contributed by atoms with Crippen LogP contribution >= 0.6 is 0 Å². The fourth-order valence-corrected chi connectivity index (χ4v) is 5.73. The number of carbonyl (C=O) groups excluding carboxylic acids is 1. The zero-order valence-corrected chi connectivity index (χ0v) is 10.7.